The van der Waals surface area contributed by atoms with Crippen molar-refractivity contribution in [3.05, 3.63) is 65.7 Å². The molecule has 0 radical (unpaired) electrons. The minimum Gasteiger partial charge on any atom is -0.492 e. The lowest BCUT2D eigenvalue weighted by atomic mass is 9.81. The quantitative estimate of drug-likeness (QED) is 0.739. The number of benzene rings is 2. The SMILES string of the molecule is Cc1ccccc1OCCN(C)C1CCC(c2ccccc2)CC1. The van der Waals surface area contributed by atoms with Gasteiger partial charge in [0.2, 0.25) is 0 Å². The Kier molecular flexibility index (Phi) is 5.92. The highest BCUT2D eigenvalue weighted by atomic mass is 16.5. The lowest BCUT2D eigenvalue weighted by Crippen LogP contribution is -2.37. The molecule has 0 bridgehead atoms. The summed E-state index contributed by atoms with van der Waals surface area (Å²) < 4.78 is 5.95. The first-order valence-electron chi connectivity index (χ1n) is 9.17. The Morgan fingerprint density at radius 2 is 1.58 bits per heavy atom. The first kappa shape index (κ1) is 17.0. The fraction of sp³-hybridized carbons (Fsp3) is 0.455. The third kappa shape index (κ3) is 4.39. The molecule has 1 aliphatic rings. The molecule has 2 aromatic carbocycles. The number of ether oxygens (including phenoxy) is 1. The highest BCUT2D eigenvalue weighted by molar-refractivity contribution is 5.31. The molecule has 0 heterocycles. The van der Waals surface area contributed by atoms with E-state index in [2.05, 4.69) is 67.4 Å². The number of hydrogen-bond donors (Lipinski definition) is 0. The molecular formula is C22H29NO. The summed E-state index contributed by atoms with van der Waals surface area (Å²) in [7, 11) is 2.24. The third-order valence-corrected chi connectivity index (χ3v) is 5.39. The minimum atomic E-state index is 0.699. The fourth-order valence-corrected chi connectivity index (χ4v) is 3.78. The first-order valence-corrected chi connectivity index (χ1v) is 9.17. The molecule has 0 aliphatic heterocycles. The van der Waals surface area contributed by atoms with Crippen LogP contribution < -0.4 is 4.74 Å². The van der Waals surface area contributed by atoms with Crippen molar-refractivity contribution in [3.8, 4) is 5.75 Å². The monoisotopic (exact) mass is 323 g/mol. The van der Waals surface area contributed by atoms with Crippen molar-refractivity contribution in [2.24, 2.45) is 0 Å². The Morgan fingerprint density at radius 1 is 0.917 bits per heavy atom. The van der Waals surface area contributed by atoms with Gasteiger partial charge in [-0.05, 0) is 62.8 Å². The molecule has 0 atom stereocenters. The van der Waals surface area contributed by atoms with Crippen molar-refractivity contribution in [1.82, 2.24) is 4.90 Å². The molecule has 2 heteroatoms. The van der Waals surface area contributed by atoms with E-state index in [4.69, 9.17) is 4.74 Å². The molecule has 0 spiro atoms. The smallest absolute Gasteiger partial charge is 0.122 e. The molecule has 2 nitrogen and oxygen atoms in total. The maximum Gasteiger partial charge on any atom is 0.122 e. The minimum absolute atomic E-state index is 0.699. The van der Waals surface area contributed by atoms with Crippen LogP contribution in [0.15, 0.2) is 54.6 Å². The summed E-state index contributed by atoms with van der Waals surface area (Å²) in [5.41, 5.74) is 2.73. The number of para-hydroxylation sites is 1. The van der Waals surface area contributed by atoms with Crippen LogP contribution in [0.3, 0.4) is 0 Å². The van der Waals surface area contributed by atoms with Gasteiger partial charge >= 0.3 is 0 Å². The topological polar surface area (TPSA) is 12.5 Å². The normalized spacial score (nSPS) is 21.0. The molecular weight excluding hydrogens is 294 g/mol. The molecule has 0 amide bonds. The zero-order valence-corrected chi connectivity index (χ0v) is 14.9. The van der Waals surface area contributed by atoms with Gasteiger partial charge in [0, 0.05) is 12.6 Å². The van der Waals surface area contributed by atoms with Crippen molar-refractivity contribution in [2.45, 2.75) is 44.6 Å². The second kappa shape index (κ2) is 8.34. The van der Waals surface area contributed by atoms with E-state index in [1.165, 1.54) is 36.8 Å². The van der Waals surface area contributed by atoms with Crippen LogP contribution >= 0.6 is 0 Å². The maximum absolute atomic E-state index is 5.95. The summed E-state index contributed by atoms with van der Waals surface area (Å²) in [6, 6.07) is 19.9. The van der Waals surface area contributed by atoms with E-state index >= 15 is 0 Å². The number of likely N-dealkylation sites (N-methyl/N-ethyl adjacent to an activating group) is 1. The number of hydrogen-bond acceptors (Lipinski definition) is 2. The fourth-order valence-electron chi connectivity index (χ4n) is 3.78. The third-order valence-electron chi connectivity index (χ3n) is 5.39. The van der Waals surface area contributed by atoms with E-state index in [0.29, 0.717) is 6.04 Å². The van der Waals surface area contributed by atoms with Gasteiger partial charge in [-0.2, -0.15) is 0 Å². The second-order valence-electron chi connectivity index (χ2n) is 7.01. The van der Waals surface area contributed by atoms with Crippen LogP contribution in [0.25, 0.3) is 0 Å². The average molecular weight is 323 g/mol. The van der Waals surface area contributed by atoms with Gasteiger partial charge in [0.25, 0.3) is 0 Å². The largest absolute Gasteiger partial charge is 0.492 e. The molecule has 3 rings (SSSR count). The van der Waals surface area contributed by atoms with Crippen LogP contribution in [-0.4, -0.2) is 31.1 Å². The first-order chi connectivity index (χ1) is 11.7. The number of aryl methyl sites for hydroxylation is 1. The van der Waals surface area contributed by atoms with E-state index < -0.39 is 0 Å². The van der Waals surface area contributed by atoms with Crippen LogP contribution in [0.1, 0.15) is 42.7 Å². The van der Waals surface area contributed by atoms with Crippen molar-refractivity contribution in [2.75, 3.05) is 20.2 Å². The van der Waals surface area contributed by atoms with Gasteiger partial charge in [-0.25, -0.2) is 0 Å². The number of nitrogens with zero attached hydrogens (tertiary/aromatic N) is 1. The Hall–Kier alpha value is -1.80. The molecule has 2 aromatic rings. The van der Waals surface area contributed by atoms with Gasteiger partial charge in [0.05, 0.1) is 0 Å². The highest BCUT2D eigenvalue weighted by Gasteiger charge is 2.24. The van der Waals surface area contributed by atoms with Gasteiger partial charge in [0.15, 0.2) is 0 Å². The molecule has 1 saturated carbocycles. The molecule has 24 heavy (non-hydrogen) atoms. The van der Waals surface area contributed by atoms with Crippen molar-refractivity contribution in [1.29, 1.82) is 0 Å². The van der Waals surface area contributed by atoms with E-state index in [9.17, 15) is 0 Å². The number of rotatable bonds is 6. The van der Waals surface area contributed by atoms with Gasteiger partial charge in [-0.15, -0.1) is 0 Å². The molecule has 0 saturated heterocycles. The molecule has 128 valence electrons. The van der Waals surface area contributed by atoms with E-state index in [-0.39, 0.29) is 0 Å². The zero-order valence-electron chi connectivity index (χ0n) is 14.9. The predicted octanol–water partition coefficient (Wildman–Crippen LogP) is 5.03. The van der Waals surface area contributed by atoms with Gasteiger partial charge in [-0.1, -0.05) is 48.5 Å². The van der Waals surface area contributed by atoms with Crippen LogP contribution in [-0.2, 0) is 0 Å². The van der Waals surface area contributed by atoms with Crippen molar-refractivity contribution >= 4 is 0 Å². The summed E-state index contributed by atoms with van der Waals surface area (Å²) in [6.07, 6.45) is 5.19. The summed E-state index contributed by atoms with van der Waals surface area (Å²) in [5, 5.41) is 0. The Morgan fingerprint density at radius 3 is 2.29 bits per heavy atom. The van der Waals surface area contributed by atoms with Crippen LogP contribution in [0.2, 0.25) is 0 Å². The summed E-state index contributed by atoms with van der Waals surface area (Å²) in [5.74, 6) is 1.76. The second-order valence-corrected chi connectivity index (χ2v) is 7.01. The Labute approximate surface area is 146 Å². The molecule has 0 N–H and O–H groups in total. The average Bonchev–Trinajstić information content (AvgIpc) is 2.64. The highest BCUT2D eigenvalue weighted by Crippen LogP contribution is 2.34. The van der Waals surface area contributed by atoms with Crippen molar-refractivity contribution in [3.63, 3.8) is 0 Å². The zero-order chi connectivity index (χ0) is 16.8. The summed E-state index contributed by atoms with van der Waals surface area (Å²) in [4.78, 5) is 2.49. The Balaban J connectivity index is 1.42. The standard InChI is InChI=1S/C22H29NO/c1-18-8-6-7-11-22(18)24-17-16-23(2)21-14-12-20(13-15-21)19-9-4-3-5-10-19/h3-11,20-21H,12-17H2,1-2H3. The molecule has 1 aliphatic carbocycles. The van der Waals surface area contributed by atoms with Crippen LogP contribution in [0, 0.1) is 6.92 Å². The molecule has 0 unspecified atom stereocenters. The van der Waals surface area contributed by atoms with E-state index in [1.54, 1.807) is 0 Å². The lowest BCUT2D eigenvalue weighted by molar-refractivity contribution is 0.153. The molecule has 1 fully saturated rings. The van der Waals surface area contributed by atoms with Crippen LogP contribution in [0.4, 0.5) is 0 Å². The van der Waals surface area contributed by atoms with E-state index in [1.807, 2.05) is 6.07 Å². The lowest BCUT2D eigenvalue weighted by Gasteiger charge is -2.34. The summed E-state index contributed by atoms with van der Waals surface area (Å²) >= 11 is 0. The van der Waals surface area contributed by atoms with Gasteiger partial charge < -0.3 is 9.64 Å². The van der Waals surface area contributed by atoms with Gasteiger partial charge in [-0.3, -0.25) is 0 Å². The van der Waals surface area contributed by atoms with Crippen LogP contribution in [0.5, 0.6) is 5.75 Å². The van der Waals surface area contributed by atoms with Crippen molar-refractivity contribution < 1.29 is 4.74 Å². The predicted molar refractivity (Wildman–Crippen MR) is 101 cm³/mol. The molecule has 0 aromatic heterocycles. The Bertz CT molecular complexity index is 617. The maximum atomic E-state index is 5.95. The van der Waals surface area contributed by atoms with E-state index in [0.717, 1.165) is 24.8 Å². The summed E-state index contributed by atoms with van der Waals surface area (Å²) in [6.45, 7) is 3.86. The van der Waals surface area contributed by atoms with Gasteiger partial charge in [0.1, 0.15) is 12.4 Å².